The van der Waals surface area contributed by atoms with Crippen LogP contribution in [0.2, 0.25) is 0 Å². The molecule has 0 atom stereocenters. The first-order chi connectivity index (χ1) is 12.0. The van der Waals surface area contributed by atoms with Crippen LogP contribution < -0.4 is 21.3 Å². The standard InChI is InChI=1S/C19H22N4O2/c1-13(24)21-14-7-9-15(10-8-14)22-19(25)12-23-11-3-4-16-17(20)5-2-6-18(16)23/h2,5-10H,3-4,11-12,20H2,1H3,(H,21,24)(H,22,25). The van der Waals surface area contributed by atoms with Crippen molar-refractivity contribution in [2.24, 2.45) is 0 Å². The number of nitrogens with one attached hydrogen (secondary N) is 2. The second-order valence-corrected chi connectivity index (χ2v) is 6.18. The van der Waals surface area contributed by atoms with Crippen LogP contribution in [0.3, 0.4) is 0 Å². The summed E-state index contributed by atoms with van der Waals surface area (Å²) in [6, 6.07) is 12.9. The number of nitrogen functional groups attached to an aromatic ring is 1. The number of carbonyl (C=O) groups excluding carboxylic acids is 2. The zero-order chi connectivity index (χ0) is 17.8. The van der Waals surface area contributed by atoms with E-state index in [0.717, 1.165) is 36.3 Å². The van der Waals surface area contributed by atoms with Gasteiger partial charge in [-0.3, -0.25) is 9.59 Å². The van der Waals surface area contributed by atoms with Gasteiger partial charge in [0.2, 0.25) is 11.8 Å². The summed E-state index contributed by atoms with van der Waals surface area (Å²) in [7, 11) is 0. The van der Waals surface area contributed by atoms with Gasteiger partial charge in [-0.25, -0.2) is 0 Å². The van der Waals surface area contributed by atoms with Gasteiger partial charge in [0.15, 0.2) is 0 Å². The highest BCUT2D eigenvalue weighted by molar-refractivity contribution is 5.95. The summed E-state index contributed by atoms with van der Waals surface area (Å²) < 4.78 is 0. The topological polar surface area (TPSA) is 87.5 Å². The molecule has 0 aliphatic carbocycles. The van der Waals surface area contributed by atoms with Gasteiger partial charge in [-0.1, -0.05) is 6.07 Å². The van der Waals surface area contributed by atoms with Crippen molar-refractivity contribution in [3.63, 3.8) is 0 Å². The second-order valence-electron chi connectivity index (χ2n) is 6.18. The molecule has 0 bridgehead atoms. The molecule has 3 rings (SSSR count). The largest absolute Gasteiger partial charge is 0.398 e. The Hall–Kier alpha value is -3.02. The molecule has 0 unspecified atom stereocenters. The third-order valence-electron chi connectivity index (χ3n) is 4.21. The number of benzene rings is 2. The molecule has 0 fully saturated rings. The van der Waals surface area contributed by atoms with E-state index >= 15 is 0 Å². The Bertz CT molecular complexity index is 787. The zero-order valence-electron chi connectivity index (χ0n) is 14.2. The number of hydrogen-bond donors (Lipinski definition) is 3. The van der Waals surface area contributed by atoms with E-state index < -0.39 is 0 Å². The van der Waals surface area contributed by atoms with Crippen molar-refractivity contribution < 1.29 is 9.59 Å². The lowest BCUT2D eigenvalue weighted by molar-refractivity contribution is -0.115. The highest BCUT2D eigenvalue weighted by Gasteiger charge is 2.20. The Morgan fingerprint density at radius 3 is 2.44 bits per heavy atom. The predicted octanol–water partition coefficient (Wildman–Crippen LogP) is 2.62. The fourth-order valence-corrected chi connectivity index (χ4v) is 3.11. The molecule has 1 aliphatic rings. The Morgan fingerprint density at radius 1 is 1.08 bits per heavy atom. The average molecular weight is 338 g/mol. The van der Waals surface area contributed by atoms with E-state index in [1.165, 1.54) is 6.92 Å². The Morgan fingerprint density at radius 2 is 1.76 bits per heavy atom. The zero-order valence-corrected chi connectivity index (χ0v) is 14.2. The smallest absolute Gasteiger partial charge is 0.243 e. The van der Waals surface area contributed by atoms with E-state index in [2.05, 4.69) is 15.5 Å². The van der Waals surface area contributed by atoms with Crippen molar-refractivity contribution in [1.29, 1.82) is 0 Å². The van der Waals surface area contributed by atoms with Crippen LogP contribution in [0.4, 0.5) is 22.7 Å². The maximum atomic E-state index is 12.4. The van der Waals surface area contributed by atoms with Crippen molar-refractivity contribution in [3.05, 3.63) is 48.0 Å². The molecule has 2 aromatic carbocycles. The first-order valence-corrected chi connectivity index (χ1v) is 8.33. The molecule has 130 valence electrons. The first-order valence-electron chi connectivity index (χ1n) is 8.33. The molecule has 0 spiro atoms. The van der Waals surface area contributed by atoms with Gasteiger partial charge in [-0.05, 0) is 54.8 Å². The van der Waals surface area contributed by atoms with Crippen LogP contribution >= 0.6 is 0 Å². The minimum atomic E-state index is -0.125. The van der Waals surface area contributed by atoms with Crippen molar-refractivity contribution in [1.82, 2.24) is 0 Å². The van der Waals surface area contributed by atoms with Crippen molar-refractivity contribution in [2.45, 2.75) is 19.8 Å². The molecule has 6 heteroatoms. The highest BCUT2D eigenvalue weighted by Crippen LogP contribution is 2.31. The van der Waals surface area contributed by atoms with E-state index in [9.17, 15) is 9.59 Å². The Balaban J connectivity index is 1.64. The molecule has 0 saturated carbocycles. The van der Waals surface area contributed by atoms with Crippen LogP contribution in [0.5, 0.6) is 0 Å². The fraction of sp³-hybridized carbons (Fsp3) is 0.263. The number of carbonyl (C=O) groups is 2. The SMILES string of the molecule is CC(=O)Nc1ccc(NC(=O)CN2CCCc3c(N)cccc32)cc1. The van der Waals surface area contributed by atoms with Crippen LogP contribution in [0.1, 0.15) is 18.9 Å². The van der Waals surface area contributed by atoms with Crippen molar-refractivity contribution in [2.75, 3.05) is 34.4 Å². The van der Waals surface area contributed by atoms with Gasteiger partial charge in [0.25, 0.3) is 0 Å². The molecule has 1 heterocycles. The van der Waals surface area contributed by atoms with Crippen LogP contribution in [0.25, 0.3) is 0 Å². The summed E-state index contributed by atoms with van der Waals surface area (Å²) >= 11 is 0. The summed E-state index contributed by atoms with van der Waals surface area (Å²) in [6.45, 7) is 2.58. The minimum Gasteiger partial charge on any atom is -0.398 e. The molecular formula is C19H22N4O2. The van der Waals surface area contributed by atoms with Crippen LogP contribution in [0, 0.1) is 0 Å². The van der Waals surface area contributed by atoms with Crippen LogP contribution in [0.15, 0.2) is 42.5 Å². The van der Waals surface area contributed by atoms with E-state index in [1.807, 2.05) is 18.2 Å². The monoisotopic (exact) mass is 338 g/mol. The molecule has 6 nitrogen and oxygen atoms in total. The normalized spacial score (nSPS) is 13.1. The minimum absolute atomic E-state index is 0.0810. The summed E-state index contributed by atoms with van der Waals surface area (Å²) in [6.07, 6.45) is 1.94. The van der Waals surface area contributed by atoms with Gasteiger partial charge < -0.3 is 21.3 Å². The number of fused-ring (bicyclic) bond motifs is 1. The predicted molar refractivity (Wildman–Crippen MR) is 101 cm³/mol. The summed E-state index contributed by atoms with van der Waals surface area (Å²) in [4.78, 5) is 25.5. The van der Waals surface area contributed by atoms with E-state index in [-0.39, 0.29) is 18.4 Å². The molecule has 4 N–H and O–H groups in total. The number of hydrogen-bond acceptors (Lipinski definition) is 4. The van der Waals surface area contributed by atoms with Gasteiger partial charge in [0.1, 0.15) is 0 Å². The number of nitrogens with zero attached hydrogens (tertiary/aromatic N) is 1. The van der Waals surface area contributed by atoms with Crippen LogP contribution in [-0.4, -0.2) is 24.9 Å². The van der Waals surface area contributed by atoms with Gasteiger partial charge >= 0.3 is 0 Å². The Labute approximate surface area is 147 Å². The number of amides is 2. The highest BCUT2D eigenvalue weighted by atomic mass is 16.2. The van der Waals surface area contributed by atoms with Gasteiger partial charge in [-0.2, -0.15) is 0 Å². The first kappa shape index (κ1) is 16.8. The van der Waals surface area contributed by atoms with Crippen molar-refractivity contribution >= 4 is 34.6 Å². The molecule has 2 amide bonds. The molecular weight excluding hydrogens is 316 g/mol. The van der Waals surface area contributed by atoms with Gasteiger partial charge in [0, 0.05) is 36.2 Å². The van der Waals surface area contributed by atoms with E-state index in [0.29, 0.717) is 11.4 Å². The second kappa shape index (κ2) is 7.25. The molecule has 0 aromatic heterocycles. The molecule has 2 aromatic rings. The quantitative estimate of drug-likeness (QED) is 0.748. The number of nitrogens with two attached hydrogens (primary N) is 1. The molecule has 0 saturated heterocycles. The number of rotatable bonds is 4. The van der Waals surface area contributed by atoms with E-state index in [1.54, 1.807) is 24.3 Å². The molecule has 0 radical (unpaired) electrons. The van der Waals surface area contributed by atoms with E-state index in [4.69, 9.17) is 5.73 Å². The third kappa shape index (κ3) is 4.09. The van der Waals surface area contributed by atoms with Crippen molar-refractivity contribution in [3.8, 4) is 0 Å². The van der Waals surface area contributed by atoms with Gasteiger partial charge in [-0.15, -0.1) is 0 Å². The summed E-state index contributed by atoms with van der Waals surface area (Å²) in [5, 5.41) is 5.59. The lowest BCUT2D eigenvalue weighted by Gasteiger charge is -2.31. The van der Waals surface area contributed by atoms with Gasteiger partial charge in [0.05, 0.1) is 6.54 Å². The maximum absolute atomic E-state index is 12.4. The summed E-state index contributed by atoms with van der Waals surface area (Å²) in [5.41, 5.74) is 10.4. The fourth-order valence-electron chi connectivity index (χ4n) is 3.11. The molecule has 1 aliphatic heterocycles. The molecule has 25 heavy (non-hydrogen) atoms. The number of anilines is 4. The average Bonchev–Trinajstić information content (AvgIpc) is 2.57. The lowest BCUT2D eigenvalue weighted by atomic mass is 10.00. The Kier molecular flexibility index (Phi) is 4.88. The maximum Gasteiger partial charge on any atom is 0.243 e. The third-order valence-corrected chi connectivity index (χ3v) is 4.21. The van der Waals surface area contributed by atoms with Crippen LogP contribution in [-0.2, 0) is 16.0 Å². The summed E-state index contributed by atoms with van der Waals surface area (Å²) in [5.74, 6) is -0.206. The lowest BCUT2D eigenvalue weighted by Crippen LogP contribution is -2.37.